The first-order chi connectivity index (χ1) is 11.9. The van der Waals surface area contributed by atoms with Crippen LogP contribution in [-0.2, 0) is 16.0 Å². The fourth-order valence-electron chi connectivity index (χ4n) is 3.34. The first-order valence-electron chi connectivity index (χ1n) is 9.20. The molecule has 2 amide bonds. The lowest BCUT2D eigenvalue weighted by Gasteiger charge is -2.39. The van der Waals surface area contributed by atoms with E-state index in [0.29, 0.717) is 13.0 Å². The molecule has 1 N–H and O–H groups in total. The Morgan fingerprint density at radius 1 is 1.24 bits per heavy atom. The molecule has 1 saturated heterocycles. The number of benzene rings is 1. The Hall–Kier alpha value is -1.91. The normalized spacial score (nSPS) is 18.1. The van der Waals surface area contributed by atoms with Crippen LogP contribution in [0.1, 0.15) is 52.0 Å². The predicted octanol–water partition coefficient (Wildman–Crippen LogP) is 3.30. The van der Waals surface area contributed by atoms with E-state index in [0.717, 1.165) is 37.8 Å². The molecule has 1 aliphatic rings. The van der Waals surface area contributed by atoms with Crippen LogP contribution in [0.25, 0.3) is 0 Å². The lowest BCUT2D eigenvalue weighted by Crippen LogP contribution is -2.54. The maximum atomic E-state index is 12.9. The molecular weight excluding hydrogens is 319 g/mol. The molecule has 0 spiro atoms. The van der Waals surface area contributed by atoms with E-state index in [1.165, 1.54) is 12.1 Å². The number of nitrogens with one attached hydrogen (secondary N) is 1. The van der Waals surface area contributed by atoms with Crippen LogP contribution in [-0.4, -0.2) is 35.8 Å². The molecule has 0 radical (unpaired) electrons. The molecule has 0 aromatic heterocycles. The van der Waals surface area contributed by atoms with E-state index in [4.69, 9.17) is 0 Å². The highest BCUT2D eigenvalue weighted by molar-refractivity contribution is 6.04. The molecule has 138 valence electrons. The minimum Gasteiger partial charge on any atom is -0.355 e. The first-order valence-corrected chi connectivity index (χ1v) is 9.20. The molecule has 0 saturated carbocycles. The lowest BCUT2D eigenvalue weighted by atomic mass is 9.87. The van der Waals surface area contributed by atoms with Crippen molar-refractivity contribution in [1.82, 2.24) is 10.2 Å². The van der Waals surface area contributed by atoms with E-state index in [1.54, 1.807) is 26.0 Å². The Morgan fingerprint density at radius 2 is 1.92 bits per heavy atom. The van der Waals surface area contributed by atoms with E-state index in [-0.39, 0.29) is 23.7 Å². The summed E-state index contributed by atoms with van der Waals surface area (Å²) in [6, 6.07) is 6.47. The van der Waals surface area contributed by atoms with Crippen LogP contribution in [0.3, 0.4) is 0 Å². The van der Waals surface area contributed by atoms with Gasteiger partial charge in [-0.3, -0.25) is 9.59 Å². The van der Waals surface area contributed by atoms with Crippen molar-refractivity contribution in [3.63, 3.8) is 0 Å². The van der Waals surface area contributed by atoms with Gasteiger partial charge in [-0.15, -0.1) is 0 Å². The molecule has 25 heavy (non-hydrogen) atoms. The summed E-state index contributed by atoms with van der Waals surface area (Å²) in [4.78, 5) is 27.4. The zero-order valence-corrected chi connectivity index (χ0v) is 15.5. The van der Waals surface area contributed by atoms with Gasteiger partial charge in [-0.05, 0) is 63.6 Å². The standard InChI is InChI=1S/C20H29FN2O2/c1-4-17-7-5-6-14-23(17)19(25)20(2,3)18(24)22-13-12-15-8-10-16(21)11-9-15/h8-11,17H,4-7,12-14H2,1-3H3,(H,22,24). The lowest BCUT2D eigenvalue weighted by molar-refractivity contribution is -0.151. The minimum absolute atomic E-state index is 0.0849. The molecule has 1 atom stereocenters. The number of rotatable bonds is 6. The van der Waals surface area contributed by atoms with Crippen LogP contribution >= 0.6 is 0 Å². The summed E-state index contributed by atoms with van der Waals surface area (Å²) in [5.41, 5.74) is -0.124. The monoisotopic (exact) mass is 348 g/mol. The summed E-state index contributed by atoms with van der Waals surface area (Å²) < 4.78 is 12.9. The van der Waals surface area contributed by atoms with Crippen molar-refractivity contribution in [1.29, 1.82) is 0 Å². The van der Waals surface area contributed by atoms with Crippen molar-refractivity contribution < 1.29 is 14.0 Å². The van der Waals surface area contributed by atoms with Crippen LogP contribution in [0.4, 0.5) is 4.39 Å². The van der Waals surface area contributed by atoms with Crippen LogP contribution in [0, 0.1) is 11.2 Å². The zero-order chi connectivity index (χ0) is 18.4. The molecule has 1 aliphatic heterocycles. The van der Waals surface area contributed by atoms with Gasteiger partial charge in [0.1, 0.15) is 11.2 Å². The number of hydrogen-bond donors (Lipinski definition) is 1. The third-order valence-corrected chi connectivity index (χ3v) is 5.07. The molecule has 1 unspecified atom stereocenters. The number of amides is 2. The number of nitrogens with zero attached hydrogens (tertiary/aromatic N) is 1. The number of halogens is 1. The van der Waals surface area contributed by atoms with Gasteiger partial charge < -0.3 is 10.2 Å². The second-order valence-corrected chi connectivity index (χ2v) is 7.31. The Bertz CT molecular complexity index is 598. The zero-order valence-electron chi connectivity index (χ0n) is 15.5. The van der Waals surface area contributed by atoms with E-state index in [1.807, 2.05) is 4.90 Å². The van der Waals surface area contributed by atoms with Gasteiger partial charge in [0.15, 0.2) is 0 Å². The Morgan fingerprint density at radius 3 is 2.56 bits per heavy atom. The summed E-state index contributed by atoms with van der Waals surface area (Å²) in [5.74, 6) is -0.607. The number of piperidine rings is 1. The second kappa shape index (κ2) is 8.45. The average Bonchev–Trinajstić information content (AvgIpc) is 2.62. The first kappa shape index (κ1) is 19.4. The summed E-state index contributed by atoms with van der Waals surface area (Å²) >= 11 is 0. The summed E-state index contributed by atoms with van der Waals surface area (Å²) in [5, 5.41) is 2.86. The largest absolute Gasteiger partial charge is 0.355 e. The van der Waals surface area contributed by atoms with Gasteiger partial charge in [0, 0.05) is 19.1 Å². The quantitative estimate of drug-likeness (QED) is 0.802. The Kier molecular flexibility index (Phi) is 6.57. The summed E-state index contributed by atoms with van der Waals surface area (Å²) in [7, 11) is 0. The molecule has 1 fully saturated rings. The van der Waals surface area contributed by atoms with Crippen LogP contribution in [0.5, 0.6) is 0 Å². The fourth-order valence-corrected chi connectivity index (χ4v) is 3.34. The van der Waals surface area contributed by atoms with Crippen molar-refractivity contribution >= 4 is 11.8 Å². The molecule has 1 aromatic carbocycles. The predicted molar refractivity (Wildman–Crippen MR) is 96.5 cm³/mol. The maximum Gasteiger partial charge on any atom is 0.237 e. The third kappa shape index (κ3) is 4.80. The summed E-state index contributed by atoms with van der Waals surface area (Å²) in [6.07, 6.45) is 4.70. The van der Waals surface area contributed by atoms with Crippen molar-refractivity contribution in [2.24, 2.45) is 5.41 Å². The van der Waals surface area contributed by atoms with E-state index < -0.39 is 5.41 Å². The molecule has 1 aromatic rings. The highest BCUT2D eigenvalue weighted by Crippen LogP contribution is 2.27. The second-order valence-electron chi connectivity index (χ2n) is 7.31. The van der Waals surface area contributed by atoms with Gasteiger partial charge >= 0.3 is 0 Å². The van der Waals surface area contributed by atoms with Crippen LogP contribution < -0.4 is 5.32 Å². The van der Waals surface area contributed by atoms with E-state index in [2.05, 4.69) is 12.2 Å². The van der Waals surface area contributed by atoms with Gasteiger partial charge in [0.25, 0.3) is 0 Å². The smallest absolute Gasteiger partial charge is 0.237 e. The average molecular weight is 348 g/mol. The molecule has 0 bridgehead atoms. The SMILES string of the molecule is CCC1CCCCN1C(=O)C(C)(C)C(=O)NCCc1ccc(F)cc1. The highest BCUT2D eigenvalue weighted by atomic mass is 19.1. The van der Waals surface area contributed by atoms with Gasteiger partial charge in [-0.2, -0.15) is 0 Å². The highest BCUT2D eigenvalue weighted by Gasteiger charge is 2.41. The van der Waals surface area contributed by atoms with Crippen LogP contribution in [0.15, 0.2) is 24.3 Å². The minimum atomic E-state index is -1.08. The van der Waals surface area contributed by atoms with E-state index >= 15 is 0 Å². The number of carbonyl (C=O) groups excluding carboxylic acids is 2. The molecular formula is C20H29FN2O2. The Labute approximate surface area is 149 Å². The topological polar surface area (TPSA) is 49.4 Å². The fraction of sp³-hybridized carbons (Fsp3) is 0.600. The number of likely N-dealkylation sites (tertiary alicyclic amines) is 1. The van der Waals surface area contributed by atoms with Crippen molar-refractivity contribution in [2.45, 2.75) is 58.9 Å². The van der Waals surface area contributed by atoms with Crippen molar-refractivity contribution in [2.75, 3.05) is 13.1 Å². The van der Waals surface area contributed by atoms with Gasteiger partial charge in [0.05, 0.1) is 0 Å². The van der Waals surface area contributed by atoms with Gasteiger partial charge in [-0.25, -0.2) is 4.39 Å². The van der Waals surface area contributed by atoms with Crippen LogP contribution in [0.2, 0.25) is 0 Å². The van der Waals surface area contributed by atoms with Crippen molar-refractivity contribution in [3.05, 3.63) is 35.6 Å². The Balaban J connectivity index is 1.91. The number of carbonyl (C=O) groups is 2. The molecule has 4 nitrogen and oxygen atoms in total. The maximum absolute atomic E-state index is 12.9. The molecule has 0 aliphatic carbocycles. The van der Waals surface area contributed by atoms with E-state index in [9.17, 15) is 14.0 Å². The number of hydrogen-bond acceptors (Lipinski definition) is 2. The molecule has 1 heterocycles. The summed E-state index contributed by atoms with van der Waals surface area (Å²) in [6.45, 7) is 6.65. The van der Waals surface area contributed by atoms with Gasteiger partial charge in [0.2, 0.25) is 11.8 Å². The van der Waals surface area contributed by atoms with Gasteiger partial charge in [-0.1, -0.05) is 19.1 Å². The van der Waals surface area contributed by atoms with Crippen molar-refractivity contribution in [3.8, 4) is 0 Å². The molecule has 2 rings (SSSR count). The molecule has 5 heteroatoms. The third-order valence-electron chi connectivity index (χ3n) is 5.07.